The first-order valence-corrected chi connectivity index (χ1v) is 1.64. The third-order valence-corrected chi connectivity index (χ3v) is 0.394. The van der Waals surface area contributed by atoms with Crippen LogP contribution in [-0.2, 0) is 0 Å². The Hall–Kier alpha value is -0.260. The predicted molar refractivity (Wildman–Crippen MR) is 23.5 cm³/mol. The van der Waals surface area contributed by atoms with Gasteiger partial charge in [0.2, 0.25) is 0 Å². The monoisotopic (exact) mass is 68.1 g/mol. The molecule has 0 aromatic heterocycles. The largest absolute Gasteiger partial charge is 0.0733 e. The van der Waals surface area contributed by atoms with Crippen LogP contribution in [0.2, 0.25) is 0 Å². The van der Waals surface area contributed by atoms with Gasteiger partial charge in [-0.05, 0) is 20.3 Å². The summed E-state index contributed by atoms with van der Waals surface area (Å²) in [5.41, 5.74) is 0.894. The van der Waals surface area contributed by atoms with Crippen molar-refractivity contribution >= 4 is 0 Å². The van der Waals surface area contributed by atoms with Gasteiger partial charge in [-0.2, -0.15) is 0 Å². The van der Waals surface area contributed by atoms with E-state index < -0.39 is 0 Å². The lowest BCUT2D eigenvalue weighted by Crippen LogP contribution is -1.59. The molecule has 0 atom stereocenters. The minimum Gasteiger partial charge on any atom is -0.0733 e. The first kappa shape index (κ1) is 4.74. The third-order valence-electron chi connectivity index (χ3n) is 0.394. The molecule has 5 heavy (non-hydrogen) atoms. The molecule has 0 aliphatic rings. The number of allylic oxidation sites excluding steroid dienone is 1. The molecule has 0 spiro atoms. The SMILES string of the molecule is [CH]=C(C)C[CH2]. The molecule has 0 amide bonds. The van der Waals surface area contributed by atoms with Crippen LogP contribution in [0.5, 0.6) is 0 Å². The second-order valence-electron chi connectivity index (χ2n) is 1.10. The number of hydrogen-bond donors (Lipinski definition) is 0. The Morgan fingerprint density at radius 3 is 2.20 bits per heavy atom. The Kier molecular flexibility index (Phi) is 1.90. The molecule has 0 rings (SSSR count). The summed E-state index contributed by atoms with van der Waals surface area (Å²) < 4.78 is 0. The molecule has 2 radical (unpaired) electrons. The Balaban J connectivity index is 2.85. The lowest BCUT2D eigenvalue weighted by atomic mass is 10.3. The van der Waals surface area contributed by atoms with Gasteiger partial charge in [-0.1, -0.05) is 12.2 Å². The number of rotatable bonds is 1. The highest BCUT2D eigenvalue weighted by Gasteiger charge is 1.68. The van der Waals surface area contributed by atoms with Crippen LogP contribution in [0.15, 0.2) is 5.57 Å². The smallest absolute Gasteiger partial charge is 0.0320 e. The Morgan fingerprint density at radius 2 is 2.20 bits per heavy atom. The average Bonchev–Trinajstić information content (AvgIpc) is 1.38. The van der Waals surface area contributed by atoms with E-state index in [1.807, 2.05) is 6.92 Å². The van der Waals surface area contributed by atoms with E-state index in [9.17, 15) is 0 Å². The van der Waals surface area contributed by atoms with Gasteiger partial charge in [0.25, 0.3) is 0 Å². The molecule has 0 N–H and O–H groups in total. The van der Waals surface area contributed by atoms with Crippen molar-refractivity contribution in [3.8, 4) is 0 Å². The highest BCUT2D eigenvalue weighted by Crippen LogP contribution is 1.87. The summed E-state index contributed by atoms with van der Waals surface area (Å²) in [6.07, 6.45) is 0.750. The molecular weight excluding hydrogens is 60.1 g/mol. The molecule has 0 fully saturated rings. The van der Waals surface area contributed by atoms with Crippen molar-refractivity contribution in [2.75, 3.05) is 0 Å². The van der Waals surface area contributed by atoms with Gasteiger partial charge in [-0.25, -0.2) is 0 Å². The van der Waals surface area contributed by atoms with E-state index in [0.717, 1.165) is 12.0 Å². The maximum Gasteiger partial charge on any atom is -0.0320 e. The topological polar surface area (TPSA) is 0 Å². The lowest BCUT2D eigenvalue weighted by molar-refractivity contribution is 1.22. The van der Waals surface area contributed by atoms with Gasteiger partial charge in [0, 0.05) is 0 Å². The first-order valence-electron chi connectivity index (χ1n) is 1.64. The summed E-state index contributed by atoms with van der Waals surface area (Å²) in [5, 5.41) is 0. The van der Waals surface area contributed by atoms with Gasteiger partial charge in [0.1, 0.15) is 0 Å². The summed E-state index contributed by atoms with van der Waals surface area (Å²) in [6, 6.07) is 0. The van der Waals surface area contributed by atoms with E-state index in [1.165, 1.54) is 0 Å². The zero-order valence-corrected chi connectivity index (χ0v) is 3.49. The fourth-order valence-electron chi connectivity index (χ4n) is 0. The van der Waals surface area contributed by atoms with Crippen molar-refractivity contribution in [1.82, 2.24) is 0 Å². The maximum absolute atomic E-state index is 5.15. The van der Waals surface area contributed by atoms with Crippen LogP contribution >= 0.6 is 0 Å². The minimum absolute atomic E-state index is 0.750. The quantitative estimate of drug-likeness (QED) is 0.437. The average molecular weight is 68.1 g/mol. The van der Waals surface area contributed by atoms with Crippen LogP contribution < -0.4 is 0 Å². The van der Waals surface area contributed by atoms with E-state index in [0.29, 0.717) is 0 Å². The standard InChI is InChI=1S/C5H8/c1-4-5(2)3/h2H,1,4H2,3H3. The summed E-state index contributed by atoms with van der Waals surface area (Å²) in [7, 11) is 0. The highest BCUT2D eigenvalue weighted by molar-refractivity contribution is 4.84. The van der Waals surface area contributed by atoms with Crippen molar-refractivity contribution in [2.45, 2.75) is 13.3 Å². The molecule has 0 aliphatic carbocycles. The fourth-order valence-corrected chi connectivity index (χ4v) is 0. The second-order valence-corrected chi connectivity index (χ2v) is 1.10. The van der Waals surface area contributed by atoms with Gasteiger partial charge >= 0.3 is 0 Å². The van der Waals surface area contributed by atoms with Crippen molar-refractivity contribution in [2.24, 2.45) is 0 Å². The molecule has 0 aromatic rings. The highest BCUT2D eigenvalue weighted by atomic mass is 13.7. The van der Waals surface area contributed by atoms with Crippen LogP contribution in [0.1, 0.15) is 13.3 Å². The molecular formula is C5H8. The summed E-state index contributed by atoms with van der Waals surface area (Å²) >= 11 is 0. The Bertz CT molecular complexity index is 35.3. The summed E-state index contributed by atoms with van der Waals surface area (Å²) in [4.78, 5) is 0. The van der Waals surface area contributed by atoms with Crippen LogP contribution in [0.4, 0.5) is 0 Å². The zero-order chi connectivity index (χ0) is 4.28. The summed E-state index contributed by atoms with van der Waals surface area (Å²) in [6.45, 7) is 10.5. The van der Waals surface area contributed by atoms with Crippen molar-refractivity contribution in [3.05, 3.63) is 19.1 Å². The van der Waals surface area contributed by atoms with E-state index in [-0.39, 0.29) is 0 Å². The molecule has 28 valence electrons. The second kappa shape index (κ2) is 2.01. The van der Waals surface area contributed by atoms with Gasteiger partial charge in [0.05, 0.1) is 0 Å². The van der Waals surface area contributed by atoms with E-state index in [4.69, 9.17) is 6.58 Å². The predicted octanol–water partition coefficient (Wildman–Crippen LogP) is 1.59. The van der Waals surface area contributed by atoms with Crippen LogP contribution in [-0.4, -0.2) is 0 Å². The van der Waals surface area contributed by atoms with Crippen LogP contribution in [0.25, 0.3) is 0 Å². The molecule has 0 bridgehead atoms. The molecule has 0 aliphatic heterocycles. The first-order chi connectivity index (χ1) is 2.27. The number of hydrogen-bond acceptors (Lipinski definition) is 0. The van der Waals surface area contributed by atoms with Gasteiger partial charge < -0.3 is 0 Å². The molecule has 0 nitrogen and oxygen atoms in total. The van der Waals surface area contributed by atoms with Crippen molar-refractivity contribution in [3.63, 3.8) is 0 Å². The lowest BCUT2D eigenvalue weighted by Gasteiger charge is -1.79. The summed E-state index contributed by atoms with van der Waals surface area (Å²) in [5.74, 6) is 0. The molecule has 0 heteroatoms. The van der Waals surface area contributed by atoms with E-state index in [1.54, 1.807) is 0 Å². The van der Waals surface area contributed by atoms with Crippen molar-refractivity contribution in [1.29, 1.82) is 0 Å². The Morgan fingerprint density at radius 1 is 2.00 bits per heavy atom. The minimum atomic E-state index is 0.750. The third kappa shape index (κ3) is 3.74. The molecule has 0 heterocycles. The Labute approximate surface area is 33.5 Å². The van der Waals surface area contributed by atoms with E-state index >= 15 is 0 Å². The van der Waals surface area contributed by atoms with Crippen molar-refractivity contribution < 1.29 is 0 Å². The normalized spacial score (nSPS) is 7.60. The molecule has 0 aromatic carbocycles. The van der Waals surface area contributed by atoms with E-state index in [2.05, 4.69) is 6.92 Å². The molecule has 0 saturated heterocycles. The van der Waals surface area contributed by atoms with Crippen LogP contribution in [0.3, 0.4) is 0 Å². The van der Waals surface area contributed by atoms with Gasteiger partial charge in [-0.3, -0.25) is 0 Å². The maximum atomic E-state index is 5.15. The molecule has 0 unspecified atom stereocenters. The zero-order valence-electron chi connectivity index (χ0n) is 3.49. The van der Waals surface area contributed by atoms with Gasteiger partial charge in [0.15, 0.2) is 0 Å². The molecule has 0 saturated carbocycles. The van der Waals surface area contributed by atoms with Crippen LogP contribution in [0, 0.1) is 13.5 Å². The fraction of sp³-hybridized carbons (Fsp3) is 0.400. The van der Waals surface area contributed by atoms with Gasteiger partial charge in [-0.15, -0.1) is 0 Å².